The summed E-state index contributed by atoms with van der Waals surface area (Å²) in [7, 11) is 0. The molecule has 5 heteroatoms. The number of hydrogen-bond acceptors (Lipinski definition) is 4. The van der Waals surface area contributed by atoms with Gasteiger partial charge in [-0.2, -0.15) is 0 Å². The highest BCUT2D eigenvalue weighted by atomic mass is 35.5. The molecule has 3 aromatic rings. The average Bonchev–Trinajstić information content (AvgIpc) is 3.07. The van der Waals surface area contributed by atoms with Crippen LogP contribution in [0.5, 0.6) is 0 Å². The van der Waals surface area contributed by atoms with E-state index in [2.05, 4.69) is 43.0 Å². The fourth-order valence-corrected chi connectivity index (χ4v) is 4.56. The van der Waals surface area contributed by atoms with Gasteiger partial charge in [0, 0.05) is 28.2 Å². The predicted molar refractivity (Wildman–Crippen MR) is 122 cm³/mol. The van der Waals surface area contributed by atoms with Crippen LogP contribution in [-0.4, -0.2) is 17.7 Å². The molecule has 0 atom stereocenters. The van der Waals surface area contributed by atoms with Gasteiger partial charge in [-0.3, -0.25) is 0 Å². The van der Waals surface area contributed by atoms with Gasteiger partial charge in [-0.05, 0) is 36.5 Å². The SMILES string of the molecule is Cc1ccc(-c2nc(N(CC=N)Cc3ccccc3)sc2CC(C)C)cc1Cl. The van der Waals surface area contributed by atoms with Gasteiger partial charge in [0.15, 0.2) is 5.13 Å². The van der Waals surface area contributed by atoms with Crippen molar-refractivity contribution in [2.24, 2.45) is 5.92 Å². The quantitative estimate of drug-likeness (QED) is 0.422. The molecule has 0 radical (unpaired) electrons. The number of aryl methyl sites for hydroxylation is 1. The van der Waals surface area contributed by atoms with Gasteiger partial charge in [0.2, 0.25) is 0 Å². The van der Waals surface area contributed by atoms with E-state index in [0.29, 0.717) is 12.5 Å². The average molecular weight is 412 g/mol. The first-order valence-corrected chi connectivity index (χ1v) is 10.7. The van der Waals surface area contributed by atoms with Crippen molar-refractivity contribution in [1.82, 2.24) is 4.98 Å². The molecule has 1 aromatic heterocycles. The Kier molecular flexibility index (Phi) is 6.87. The number of thiazole rings is 1. The standard InChI is InChI=1S/C23H26ClN3S/c1-16(2)13-21-22(19-10-9-17(3)20(24)14-19)26-23(28-21)27(12-11-25)15-18-7-5-4-6-8-18/h4-11,14,16,25H,12-13,15H2,1-3H3. The molecule has 146 valence electrons. The van der Waals surface area contributed by atoms with Crippen LogP contribution in [0.3, 0.4) is 0 Å². The summed E-state index contributed by atoms with van der Waals surface area (Å²) in [5.41, 5.74) is 4.35. The molecular weight excluding hydrogens is 386 g/mol. The Morgan fingerprint density at radius 3 is 2.57 bits per heavy atom. The minimum atomic E-state index is 0.539. The van der Waals surface area contributed by atoms with Gasteiger partial charge in [-0.25, -0.2) is 4.98 Å². The van der Waals surface area contributed by atoms with E-state index < -0.39 is 0 Å². The first kappa shape index (κ1) is 20.6. The summed E-state index contributed by atoms with van der Waals surface area (Å²) < 4.78 is 0. The third-order valence-corrected chi connectivity index (χ3v) is 6.07. The summed E-state index contributed by atoms with van der Waals surface area (Å²) in [6, 6.07) is 16.5. The van der Waals surface area contributed by atoms with Crippen molar-refractivity contribution in [3.63, 3.8) is 0 Å². The van der Waals surface area contributed by atoms with Crippen molar-refractivity contribution in [3.05, 3.63) is 69.6 Å². The molecule has 0 spiro atoms. The molecule has 0 aliphatic heterocycles. The van der Waals surface area contributed by atoms with E-state index in [1.54, 1.807) is 11.3 Å². The molecule has 0 aliphatic carbocycles. The summed E-state index contributed by atoms with van der Waals surface area (Å²) >= 11 is 8.11. The lowest BCUT2D eigenvalue weighted by molar-refractivity contribution is 0.654. The summed E-state index contributed by atoms with van der Waals surface area (Å²) in [5, 5.41) is 9.35. The van der Waals surface area contributed by atoms with E-state index in [0.717, 1.165) is 39.9 Å². The van der Waals surface area contributed by atoms with Crippen LogP contribution >= 0.6 is 22.9 Å². The molecule has 0 bridgehead atoms. The van der Waals surface area contributed by atoms with E-state index in [9.17, 15) is 0 Å². The minimum absolute atomic E-state index is 0.539. The van der Waals surface area contributed by atoms with E-state index in [1.807, 2.05) is 31.2 Å². The molecule has 3 rings (SSSR count). The number of halogens is 1. The van der Waals surface area contributed by atoms with Crippen LogP contribution in [0.4, 0.5) is 5.13 Å². The molecule has 0 amide bonds. The Bertz CT molecular complexity index is 934. The number of aromatic nitrogens is 1. The largest absolute Gasteiger partial charge is 0.338 e. The van der Waals surface area contributed by atoms with Crippen LogP contribution in [0.15, 0.2) is 48.5 Å². The van der Waals surface area contributed by atoms with Gasteiger partial charge < -0.3 is 10.3 Å². The summed E-state index contributed by atoms with van der Waals surface area (Å²) in [5.74, 6) is 0.540. The lowest BCUT2D eigenvalue weighted by Crippen LogP contribution is -2.24. The Morgan fingerprint density at radius 2 is 1.93 bits per heavy atom. The minimum Gasteiger partial charge on any atom is -0.338 e. The van der Waals surface area contributed by atoms with Gasteiger partial charge >= 0.3 is 0 Å². The van der Waals surface area contributed by atoms with Crippen LogP contribution in [0.1, 0.15) is 29.9 Å². The number of nitrogens with zero attached hydrogens (tertiary/aromatic N) is 2. The van der Waals surface area contributed by atoms with E-state index in [-0.39, 0.29) is 0 Å². The molecule has 3 nitrogen and oxygen atoms in total. The highest BCUT2D eigenvalue weighted by molar-refractivity contribution is 7.16. The molecule has 0 saturated carbocycles. The first-order valence-electron chi connectivity index (χ1n) is 9.52. The Morgan fingerprint density at radius 1 is 1.18 bits per heavy atom. The van der Waals surface area contributed by atoms with Gasteiger partial charge in [0.25, 0.3) is 0 Å². The van der Waals surface area contributed by atoms with E-state index >= 15 is 0 Å². The third-order valence-electron chi connectivity index (χ3n) is 4.52. The number of rotatable bonds is 8. The molecule has 2 aromatic carbocycles. The number of benzene rings is 2. The van der Waals surface area contributed by atoms with Crippen LogP contribution in [0.25, 0.3) is 11.3 Å². The molecule has 1 heterocycles. The fraction of sp³-hybridized carbons (Fsp3) is 0.304. The second kappa shape index (κ2) is 9.35. The zero-order chi connectivity index (χ0) is 20.1. The number of anilines is 1. The van der Waals surface area contributed by atoms with E-state index in [1.165, 1.54) is 16.7 Å². The van der Waals surface area contributed by atoms with Gasteiger partial charge in [-0.1, -0.05) is 67.9 Å². The van der Waals surface area contributed by atoms with Crippen LogP contribution < -0.4 is 4.90 Å². The zero-order valence-electron chi connectivity index (χ0n) is 16.6. The molecule has 0 saturated heterocycles. The normalized spacial score (nSPS) is 11.0. The topological polar surface area (TPSA) is 40.0 Å². The lowest BCUT2D eigenvalue weighted by atomic mass is 10.0. The fourth-order valence-electron chi connectivity index (χ4n) is 3.07. The molecule has 0 fully saturated rings. The predicted octanol–water partition coefficient (Wildman–Crippen LogP) is 6.63. The van der Waals surface area contributed by atoms with Crippen LogP contribution in [0, 0.1) is 18.3 Å². The van der Waals surface area contributed by atoms with Crippen molar-refractivity contribution in [1.29, 1.82) is 5.41 Å². The number of hydrogen-bond donors (Lipinski definition) is 1. The summed E-state index contributed by atoms with van der Waals surface area (Å²) in [4.78, 5) is 8.44. The van der Waals surface area contributed by atoms with Crippen LogP contribution in [0.2, 0.25) is 5.02 Å². The second-order valence-corrected chi connectivity index (χ2v) is 8.87. The maximum atomic E-state index is 7.63. The Labute approximate surface area is 176 Å². The smallest absolute Gasteiger partial charge is 0.186 e. The van der Waals surface area contributed by atoms with Gasteiger partial charge in [0.1, 0.15) is 0 Å². The Balaban J connectivity index is 2.00. The molecule has 28 heavy (non-hydrogen) atoms. The lowest BCUT2D eigenvalue weighted by Gasteiger charge is -2.19. The maximum absolute atomic E-state index is 7.63. The maximum Gasteiger partial charge on any atom is 0.186 e. The molecular formula is C23H26ClN3S. The Hall–Kier alpha value is -2.17. The van der Waals surface area contributed by atoms with E-state index in [4.69, 9.17) is 22.0 Å². The van der Waals surface area contributed by atoms with Crippen molar-refractivity contribution in [2.75, 3.05) is 11.4 Å². The number of nitrogens with one attached hydrogen (secondary N) is 1. The highest BCUT2D eigenvalue weighted by Gasteiger charge is 2.19. The van der Waals surface area contributed by atoms with Gasteiger partial charge in [0.05, 0.1) is 12.2 Å². The molecule has 0 unspecified atom stereocenters. The van der Waals surface area contributed by atoms with Gasteiger partial charge in [-0.15, -0.1) is 11.3 Å². The van der Waals surface area contributed by atoms with Crippen LogP contribution in [-0.2, 0) is 13.0 Å². The molecule has 1 N–H and O–H groups in total. The van der Waals surface area contributed by atoms with Crippen molar-refractivity contribution in [3.8, 4) is 11.3 Å². The zero-order valence-corrected chi connectivity index (χ0v) is 18.1. The third kappa shape index (κ3) is 5.00. The summed E-state index contributed by atoms with van der Waals surface area (Å²) in [6.45, 7) is 7.74. The highest BCUT2D eigenvalue weighted by Crippen LogP contribution is 2.36. The van der Waals surface area contributed by atoms with Crippen molar-refractivity contribution < 1.29 is 0 Å². The monoisotopic (exact) mass is 411 g/mol. The first-order chi connectivity index (χ1) is 13.5. The van der Waals surface area contributed by atoms with Crippen molar-refractivity contribution in [2.45, 2.75) is 33.7 Å². The van der Waals surface area contributed by atoms with Crippen molar-refractivity contribution >= 4 is 34.3 Å². The molecule has 0 aliphatic rings. The summed E-state index contributed by atoms with van der Waals surface area (Å²) in [6.07, 6.45) is 2.41. The second-order valence-electron chi connectivity index (χ2n) is 7.40.